The second kappa shape index (κ2) is 5.36. The molecular formula is C13H15N3O2S. The van der Waals surface area contributed by atoms with Crippen molar-refractivity contribution in [3.63, 3.8) is 0 Å². The SMILES string of the molecule is C=CCN(C)C(=O)c1cnc2scc(CC)n2c1=O. The summed E-state index contributed by atoms with van der Waals surface area (Å²) in [5, 5.41) is 1.89. The van der Waals surface area contributed by atoms with Gasteiger partial charge in [-0.05, 0) is 6.42 Å². The number of aromatic nitrogens is 2. The van der Waals surface area contributed by atoms with Crippen LogP contribution in [0.3, 0.4) is 0 Å². The van der Waals surface area contributed by atoms with Crippen LogP contribution in [0.2, 0.25) is 0 Å². The minimum atomic E-state index is -0.333. The van der Waals surface area contributed by atoms with Crippen LogP contribution in [0.15, 0.2) is 29.0 Å². The predicted octanol–water partition coefficient (Wildman–Crippen LogP) is 1.58. The third-order valence-corrected chi connectivity index (χ3v) is 3.75. The van der Waals surface area contributed by atoms with Crippen LogP contribution in [0.25, 0.3) is 4.96 Å². The van der Waals surface area contributed by atoms with Crippen LogP contribution < -0.4 is 5.56 Å². The van der Waals surface area contributed by atoms with Gasteiger partial charge in [0.25, 0.3) is 11.5 Å². The average Bonchev–Trinajstić information content (AvgIpc) is 2.82. The van der Waals surface area contributed by atoms with Gasteiger partial charge in [-0.15, -0.1) is 17.9 Å². The summed E-state index contributed by atoms with van der Waals surface area (Å²) in [6.07, 6.45) is 3.70. The van der Waals surface area contributed by atoms with Gasteiger partial charge >= 0.3 is 0 Å². The molecule has 2 rings (SSSR count). The highest BCUT2D eigenvalue weighted by atomic mass is 32.1. The van der Waals surface area contributed by atoms with E-state index in [1.54, 1.807) is 13.1 Å². The Kier molecular flexibility index (Phi) is 3.80. The van der Waals surface area contributed by atoms with E-state index < -0.39 is 0 Å². The van der Waals surface area contributed by atoms with Gasteiger partial charge in [-0.2, -0.15) is 0 Å². The number of carbonyl (C=O) groups excluding carboxylic acids is 1. The van der Waals surface area contributed by atoms with Crippen molar-refractivity contribution in [2.75, 3.05) is 13.6 Å². The molecule has 2 heterocycles. The van der Waals surface area contributed by atoms with E-state index in [0.29, 0.717) is 11.5 Å². The number of carbonyl (C=O) groups is 1. The number of hydrogen-bond donors (Lipinski definition) is 0. The Labute approximate surface area is 114 Å². The molecule has 0 aliphatic carbocycles. The second-order valence-corrected chi connectivity index (χ2v) is 4.99. The molecule has 100 valence electrons. The molecule has 0 saturated carbocycles. The summed E-state index contributed by atoms with van der Waals surface area (Å²) in [6.45, 7) is 5.94. The van der Waals surface area contributed by atoms with Crippen molar-refractivity contribution in [1.82, 2.24) is 14.3 Å². The van der Waals surface area contributed by atoms with Crippen LogP contribution in [0.4, 0.5) is 0 Å². The van der Waals surface area contributed by atoms with Crippen LogP contribution in [-0.4, -0.2) is 33.8 Å². The molecule has 19 heavy (non-hydrogen) atoms. The van der Waals surface area contributed by atoms with E-state index in [1.165, 1.54) is 26.8 Å². The summed E-state index contributed by atoms with van der Waals surface area (Å²) in [7, 11) is 1.63. The topological polar surface area (TPSA) is 54.7 Å². The molecule has 0 spiro atoms. The highest BCUT2D eigenvalue weighted by Gasteiger charge is 2.18. The fourth-order valence-electron chi connectivity index (χ4n) is 1.82. The minimum absolute atomic E-state index is 0.0925. The summed E-state index contributed by atoms with van der Waals surface area (Å²) in [4.78, 5) is 30.8. The van der Waals surface area contributed by atoms with Crippen LogP contribution in [-0.2, 0) is 6.42 Å². The standard InChI is InChI=1S/C13H15N3O2S/c1-4-6-15(3)11(17)10-7-14-13-16(12(10)18)9(5-2)8-19-13/h4,7-8H,1,5-6H2,2-3H3. The molecule has 0 unspecified atom stereocenters. The Bertz CT molecular complexity index is 687. The summed E-state index contributed by atoms with van der Waals surface area (Å²) < 4.78 is 1.51. The maximum atomic E-state index is 12.4. The molecule has 0 fully saturated rings. The number of fused-ring (bicyclic) bond motifs is 1. The van der Waals surface area contributed by atoms with Crippen molar-refractivity contribution >= 4 is 22.2 Å². The Morgan fingerprint density at radius 2 is 2.37 bits per heavy atom. The van der Waals surface area contributed by atoms with Crippen LogP contribution in [0.1, 0.15) is 23.0 Å². The molecule has 0 saturated heterocycles. The second-order valence-electron chi connectivity index (χ2n) is 4.15. The van der Waals surface area contributed by atoms with E-state index >= 15 is 0 Å². The summed E-state index contributed by atoms with van der Waals surface area (Å²) >= 11 is 1.40. The zero-order valence-electron chi connectivity index (χ0n) is 10.9. The first-order valence-electron chi connectivity index (χ1n) is 5.94. The molecule has 0 aromatic carbocycles. The molecule has 0 aliphatic rings. The van der Waals surface area contributed by atoms with Gasteiger partial charge in [0, 0.05) is 30.9 Å². The zero-order chi connectivity index (χ0) is 14.0. The number of nitrogens with zero attached hydrogens (tertiary/aromatic N) is 3. The molecule has 1 amide bonds. The number of rotatable bonds is 4. The highest BCUT2D eigenvalue weighted by molar-refractivity contribution is 7.15. The highest BCUT2D eigenvalue weighted by Crippen LogP contribution is 2.13. The van der Waals surface area contributed by atoms with Gasteiger partial charge in [0.1, 0.15) is 5.56 Å². The first-order chi connectivity index (χ1) is 9.10. The normalized spacial score (nSPS) is 10.6. The molecule has 5 nitrogen and oxygen atoms in total. The molecule has 0 radical (unpaired) electrons. The van der Waals surface area contributed by atoms with Gasteiger partial charge in [-0.3, -0.25) is 14.0 Å². The molecule has 6 heteroatoms. The van der Waals surface area contributed by atoms with Crippen molar-refractivity contribution in [3.8, 4) is 0 Å². The van der Waals surface area contributed by atoms with Crippen molar-refractivity contribution < 1.29 is 4.79 Å². The lowest BCUT2D eigenvalue weighted by Crippen LogP contribution is -2.33. The monoisotopic (exact) mass is 277 g/mol. The third-order valence-electron chi connectivity index (χ3n) is 2.86. The first-order valence-corrected chi connectivity index (χ1v) is 6.82. The third kappa shape index (κ3) is 2.31. The summed E-state index contributed by atoms with van der Waals surface area (Å²) in [6, 6.07) is 0. The average molecular weight is 277 g/mol. The molecule has 2 aromatic rings. The number of aryl methyl sites for hydroxylation is 1. The Hall–Kier alpha value is -1.95. The minimum Gasteiger partial charge on any atom is -0.338 e. The molecule has 0 aliphatic heterocycles. The van der Waals surface area contributed by atoms with Crippen molar-refractivity contribution in [2.45, 2.75) is 13.3 Å². The lowest BCUT2D eigenvalue weighted by atomic mass is 10.3. The van der Waals surface area contributed by atoms with Crippen LogP contribution >= 0.6 is 11.3 Å². The van der Waals surface area contributed by atoms with E-state index in [9.17, 15) is 9.59 Å². The summed E-state index contributed by atoms with van der Waals surface area (Å²) in [5.41, 5.74) is 0.664. The number of amides is 1. The van der Waals surface area contributed by atoms with Crippen molar-refractivity contribution in [2.24, 2.45) is 0 Å². The molecule has 0 atom stereocenters. The quantitative estimate of drug-likeness (QED) is 0.797. The van der Waals surface area contributed by atoms with Gasteiger partial charge in [-0.1, -0.05) is 13.0 Å². The lowest BCUT2D eigenvalue weighted by Gasteiger charge is -2.14. The maximum absolute atomic E-state index is 12.4. The predicted molar refractivity (Wildman–Crippen MR) is 75.9 cm³/mol. The van der Waals surface area contributed by atoms with E-state index in [1.807, 2.05) is 12.3 Å². The molecular weight excluding hydrogens is 262 g/mol. The van der Waals surface area contributed by atoms with Gasteiger partial charge in [0.2, 0.25) is 0 Å². The van der Waals surface area contributed by atoms with Crippen molar-refractivity contribution in [3.05, 3.63) is 45.8 Å². The Morgan fingerprint density at radius 3 is 3.00 bits per heavy atom. The van der Waals surface area contributed by atoms with Gasteiger partial charge < -0.3 is 4.90 Å². The smallest absolute Gasteiger partial charge is 0.271 e. The Balaban J connectivity index is 2.56. The van der Waals surface area contributed by atoms with E-state index in [2.05, 4.69) is 11.6 Å². The van der Waals surface area contributed by atoms with Crippen LogP contribution in [0, 0.1) is 0 Å². The zero-order valence-corrected chi connectivity index (χ0v) is 11.7. The molecule has 0 bridgehead atoms. The number of likely N-dealkylation sites (N-methyl/N-ethyl adjacent to an activating group) is 1. The van der Waals surface area contributed by atoms with E-state index in [4.69, 9.17) is 0 Å². The van der Waals surface area contributed by atoms with Gasteiger partial charge in [0.15, 0.2) is 4.96 Å². The van der Waals surface area contributed by atoms with E-state index in [-0.39, 0.29) is 17.0 Å². The fraction of sp³-hybridized carbons (Fsp3) is 0.308. The van der Waals surface area contributed by atoms with Gasteiger partial charge in [-0.25, -0.2) is 4.98 Å². The summed E-state index contributed by atoms with van der Waals surface area (Å²) in [5.74, 6) is -0.333. The fourth-order valence-corrected chi connectivity index (χ4v) is 2.75. The maximum Gasteiger partial charge on any atom is 0.271 e. The van der Waals surface area contributed by atoms with Gasteiger partial charge in [0.05, 0.1) is 0 Å². The van der Waals surface area contributed by atoms with E-state index in [0.717, 1.165) is 12.1 Å². The number of thiazole rings is 1. The lowest BCUT2D eigenvalue weighted by molar-refractivity contribution is 0.0808. The first kappa shape index (κ1) is 13.5. The van der Waals surface area contributed by atoms with Crippen molar-refractivity contribution in [1.29, 1.82) is 0 Å². The molecule has 2 aromatic heterocycles. The largest absolute Gasteiger partial charge is 0.338 e. The number of hydrogen-bond acceptors (Lipinski definition) is 4. The Morgan fingerprint density at radius 1 is 1.63 bits per heavy atom. The van der Waals surface area contributed by atoms with Crippen LogP contribution in [0.5, 0.6) is 0 Å². The molecule has 0 N–H and O–H groups in total.